The number of ether oxygens (including phenoxy) is 1. The zero-order valence-corrected chi connectivity index (χ0v) is 17.9. The van der Waals surface area contributed by atoms with Crippen molar-refractivity contribution in [3.05, 3.63) is 71.4 Å². The number of nitrogens with zero attached hydrogens (tertiary/aromatic N) is 3. The molecule has 0 fully saturated rings. The number of methoxy groups -OCH3 is 1. The Morgan fingerprint density at radius 2 is 1.90 bits per heavy atom. The fourth-order valence-electron chi connectivity index (χ4n) is 3.15. The van der Waals surface area contributed by atoms with Gasteiger partial charge >= 0.3 is 0 Å². The second-order valence-corrected chi connectivity index (χ2v) is 9.10. The third-order valence-electron chi connectivity index (χ3n) is 4.57. The van der Waals surface area contributed by atoms with Gasteiger partial charge in [-0.25, -0.2) is 13.4 Å². The quantitative estimate of drug-likeness (QED) is 0.505. The molecule has 3 aromatic rings. The standard InChI is InChI=1S/C21H27N3O4S/c1-17-9-10-20(28-17)16-23(2)15-19-13-22-21(29(25,26)12-11-27-3)24(19)14-18-7-5-4-6-8-18/h4-10,13H,11-12,14-16H2,1-3H3. The van der Waals surface area contributed by atoms with Crippen molar-refractivity contribution in [1.29, 1.82) is 0 Å². The molecule has 8 heteroatoms. The SMILES string of the molecule is COCCS(=O)(=O)c1ncc(CN(C)Cc2ccc(C)o2)n1Cc1ccccc1. The lowest BCUT2D eigenvalue weighted by atomic mass is 10.2. The molecule has 7 nitrogen and oxygen atoms in total. The maximum atomic E-state index is 12.8. The smallest absolute Gasteiger partial charge is 0.228 e. The fourth-order valence-corrected chi connectivity index (χ4v) is 4.45. The van der Waals surface area contributed by atoms with Gasteiger partial charge in [0.05, 0.1) is 37.3 Å². The number of imidazole rings is 1. The van der Waals surface area contributed by atoms with Gasteiger partial charge < -0.3 is 13.7 Å². The van der Waals surface area contributed by atoms with Crippen molar-refractivity contribution in [2.24, 2.45) is 0 Å². The van der Waals surface area contributed by atoms with E-state index in [-0.39, 0.29) is 17.5 Å². The second kappa shape index (κ2) is 9.39. The van der Waals surface area contributed by atoms with E-state index in [1.807, 2.05) is 56.4 Å². The molecule has 2 heterocycles. The van der Waals surface area contributed by atoms with E-state index in [2.05, 4.69) is 9.88 Å². The van der Waals surface area contributed by atoms with Crippen molar-refractivity contribution < 1.29 is 17.6 Å². The first kappa shape index (κ1) is 21.3. The Labute approximate surface area is 171 Å². The van der Waals surface area contributed by atoms with Crippen LogP contribution in [0, 0.1) is 6.92 Å². The Bertz CT molecular complexity index is 1030. The molecule has 29 heavy (non-hydrogen) atoms. The molecule has 0 unspecified atom stereocenters. The molecule has 0 N–H and O–H groups in total. The van der Waals surface area contributed by atoms with Gasteiger partial charge in [0.15, 0.2) is 0 Å². The van der Waals surface area contributed by atoms with Crippen molar-refractivity contribution in [1.82, 2.24) is 14.5 Å². The highest BCUT2D eigenvalue weighted by atomic mass is 32.2. The highest BCUT2D eigenvalue weighted by Crippen LogP contribution is 2.18. The van der Waals surface area contributed by atoms with Crippen molar-refractivity contribution in [2.45, 2.75) is 31.7 Å². The van der Waals surface area contributed by atoms with Gasteiger partial charge in [-0.15, -0.1) is 0 Å². The van der Waals surface area contributed by atoms with Crippen LogP contribution in [0.1, 0.15) is 22.8 Å². The Hall–Kier alpha value is -2.42. The molecule has 0 radical (unpaired) electrons. The van der Waals surface area contributed by atoms with Crippen LogP contribution in [0.2, 0.25) is 0 Å². The normalized spacial score (nSPS) is 12.0. The predicted molar refractivity (Wildman–Crippen MR) is 110 cm³/mol. The monoisotopic (exact) mass is 417 g/mol. The van der Waals surface area contributed by atoms with Gasteiger partial charge in [0.2, 0.25) is 15.0 Å². The van der Waals surface area contributed by atoms with E-state index in [9.17, 15) is 8.42 Å². The zero-order chi connectivity index (χ0) is 20.9. The Balaban J connectivity index is 1.87. The lowest BCUT2D eigenvalue weighted by Crippen LogP contribution is -2.22. The van der Waals surface area contributed by atoms with Crippen LogP contribution in [0.25, 0.3) is 0 Å². The summed E-state index contributed by atoms with van der Waals surface area (Å²) in [5.41, 5.74) is 1.84. The summed E-state index contributed by atoms with van der Waals surface area (Å²) < 4.78 is 38.0. The first-order valence-electron chi connectivity index (χ1n) is 9.43. The van der Waals surface area contributed by atoms with Crippen LogP contribution in [0.4, 0.5) is 0 Å². The number of benzene rings is 1. The van der Waals surface area contributed by atoms with Crippen molar-refractivity contribution >= 4 is 9.84 Å². The minimum absolute atomic E-state index is 0.0793. The van der Waals surface area contributed by atoms with E-state index in [1.54, 1.807) is 10.8 Å². The van der Waals surface area contributed by atoms with Crippen LogP contribution in [0.5, 0.6) is 0 Å². The molecule has 156 valence electrons. The Morgan fingerprint density at radius 1 is 1.14 bits per heavy atom. The highest BCUT2D eigenvalue weighted by molar-refractivity contribution is 7.91. The summed E-state index contributed by atoms with van der Waals surface area (Å²) in [5.74, 6) is 1.64. The molecular weight excluding hydrogens is 390 g/mol. The van der Waals surface area contributed by atoms with Gasteiger partial charge in [-0.1, -0.05) is 30.3 Å². The number of aromatic nitrogens is 2. The van der Waals surface area contributed by atoms with Crippen LogP contribution >= 0.6 is 0 Å². The Morgan fingerprint density at radius 3 is 2.55 bits per heavy atom. The van der Waals surface area contributed by atoms with Gasteiger partial charge in [-0.2, -0.15) is 0 Å². The van der Waals surface area contributed by atoms with Gasteiger partial charge in [-0.3, -0.25) is 4.90 Å². The van der Waals surface area contributed by atoms with E-state index in [0.717, 1.165) is 22.8 Å². The minimum atomic E-state index is -3.55. The molecule has 0 bridgehead atoms. The van der Waals surface area contributed by atoms with Gasteiger partial charge in [0.1, 0.15) is 11.5 Å². The average Bonchev–Trinajstić information content (AvgIpc) is 3.27. The van der Waals surface area contributed by atoms with Crippen LogP contribution < -0.4 is 0 Å². The third-order valence-corrected chi connectivity index (χ3v) is 6.16. The highest BCUT2D eigenvalue weighted by Gasteiger charge is 2.24. The molecule has 0 saturated carbocycles. The largest absolute Gasteiger partial charge is 0.465 e. The maximum absolute atomic E-state index is 12.8. The van der Waals surface area contributed by atoms with E-state index in [0.29, 0.717) is 19.6 Å². The fraction of sp³-hybridized carbons (Fsp3) is 0.381. The molecule has 0 amide bonds. The summed E-state index contributed by atoms with van der Waals surface area (Å²) in [5, 5.41) is 0.0793. The summed E-state index contributed by atoms with van der Waals surface area (Å²) in [4.78, 5) is 6.34. The van der Waals surface area contributed by atoms with Crippen molar-refractivity contribution in [3.63, 3.8) is 0 Å². The molecule has 0 saturated heterocycles. The lowest BCUT2D eigenvalue weighted by Gasteiger charge is -2.18. The summed E-state index contributed by atoms with van der Waals surface area (Å²) in [6, 6.07) is 13.7. The van der Waals surface area contributed by atoms with E-state index >= 15 is 0 Å². The van der Waals surface area contributed by atoms with Crippen LogP contribution in [-0.4, -0.2) is 49.4 Å². The van der Waals surface area contributed by atoms with E-state index in [1.165, 1.54) is 7.11 Å². The number of hydrogen-bond acceptors (Lipinski definition) is 6. The summed E-state index contributed by atoms with van der Waals surface area (Å²) in [6.45, 7) is 3.64. The van der Waals surface area contributed by atoms with Gasteiger partial charge in [0.25, 0.3) is 0 Å². The average molecular weight is 418 g/mol. The summed E-state index contributed by atoms with van der Waals surface area (Å²) in [6.07, 6.45) is 1.65. The number of aryl methyl sites for hydroxylation is 1. The third kappa shape index (κ3) is 5.56. The molecule has 0 spiro atoms. The second-order valence-electron chi connectivity index (χ2n) is 7.10. The maximum Gasteiger partial charge on any atom is 0.228 e. The molecule has 0 atom stereocenters. The summed E-state index contributed by atoms with van der Waals surface area (Å²) in [7, 11) is -0.0960. The van der Waals surface area contributed by atoms with Gasteiger partial charge in [-0.05, 0) is 31.7 Å². The first-order valence-corrected chi connectivity index (χ1v) is 11.1. The van der Waals surface area contributed by atoms with Crippen LogP contribution in [-0.2, 0) is 34.2 Å². The molecule has 3 rings (SSSR count). The predicted octanol–water partition coefficient (Wildman–Crippen LogP) is 2.88. The number of hydrogen-bond donors (Lipinski definition) is 0. The van der Waals surface area contributed by atoms with Gasteiger partial charge in [0, 0.05) is 13.7 Å². The van der Waals surface area contributed by atoms with Crippen LogP contribution in [0.15, 0.2) is 58.2 Å². The number of sulfone groups is 1. The van der Waals surface area contributed by atoms with Crippen molar-refractivity contribution in [3.8, 4) is 0 Å². The topological polar surface area (TPSA) is 77.6 Å². The zero-order valence-electron chi connectivity index (χ0n) is 17.0. The summed E-state index contributed by atoms with van der Waals surface area (Å²) >= 11 is 0. The van der Waals surface area contributed by atoms with Crippen molar-refractivity contribution in [2.75, 3.05) is 26.5 Å². The number of furan rings is 1. The van der Waals surface area contributed by atoms with Crippen LogP contribution in [0.3, 0.4) is 0 Å². The molecule has 2 aromatic heterocycles. The lowest BCUT2D eigenvalue weighted by molar-refractivity contribution is 0.217. The Kier molecular flexibility index (Phi) is 6.89. The van der Waals surface area contributed by atoms with E-state index in [4.69, 9.17) is 9.15 Å². The first-order chi connectivity index (χ1) is 13.9. The molecule has 0 aliphatic heterocycles. The molecular formula is C21H27N3O4S. The minimum Gasteiger partial charge on any atom is -0.465 e. The molecule has 1 aromatic carbocycles. The number of rotatable bonds is 10. The molecule has 0 aliphatic carbocycles. The van der Waals surface area contributed by atoms with E-state index < -0.39 is 9.84 Å². The molecule has 0 aliphatic rings.